The summed E-state index contributed by atoms with van der Waals surface area (Å²) in [7, 11) is 0. The summed E-state index contributed by atoms with van der Waals surface area (Å²) in [4.78, 5) is 25.1. The van der Waals surface area contributed by atoms with E-state index in [1.165, 1.54) is 12.1 Å². The van der Waals surface area contributed by atoms with Crippen LogP contribution in [0.1, 0.15) is 26.3 Å². The van der Waals surface area contributed by atoms with Crippen LogP contribution in [-0.2, 0) is 6.18 Å². The van der Waals surface area contributed by atoms with Crippen molar-refractivity contribution in [1.82, 2.24) is 0 Å². The van der Waals surface area contributed by atoms with Crippen molar-refractivity contribution in [1.29, 1.82) is 0 Å². The van der Waals surface area contributed by atoms with Crippen molar-refractivity contribution in [3.8, 4) is 5.75 Å². The lowest BCUT2D eigenvalue weighted by Gasteiger charge is -2.16. The molecule has 0 spiro atoms. The van der Waals surface area contributed by atoms with Crippen LogP contribution in [0.25, 0.3) is 0 Å². The lowest BCUT2D eigenvalue weighted by atomic mass is 10.1. The van der Waals surface area contributed by atoms with E-state index in [4.69, 9.17) is 0 Å². The number of anilines is 1. The number of imide groups is 1. The molecule has 22 heavy (non-hydrogen) atoms. The number of fused-ring (bicyclic) bond motifs is 1. The van der Waals surface area contributed by atoms with Gasteiger partial charge in [0, 0.05) is 6.07 Å². The van der Waals surface area contributed by atoms with Gasteiger partial charge in [0.15, 0.2) is 0 Å². The summed E-state index contributed by atoms with van der Waals surface area (Å²) < 4.78 is 37.9. The molecule has 2 aromatic rings. The minimum absolute atomic E-state index is 0.114. The number of rotatable bonds is 1. The molecule has 0 radical (unpaired) electrons. The smallest absolute Gasteiger partial charge is 0.419 e. The first kappa shape index (κ1) is 14.1. The molecule has 0 unspecified atom stereocenters. The molecule has 2 aromatic carbocycles. The monoisotopic (exact) mass is 307 g/mol. The molecule has 0 bridgehead atoms. The first-order chi connectivity index (χ1) is 10.3. The average molecular weight is 307 g/mol. The quantitative estimate of drug-likeness (QED) is 0.823. The fourth-order valence-corrected chi connectivity index (χ4v) is 2.32. The van der Waals surface area contributed by atoms with Gasteiger partial charge in [-0.15, -0.1) is 0 Å². The molecule has 2 amide bonds. The Balaban J connectivity index is 2.05. The van der Waals surface area contributed by atoms with E-state index < -0.39 is 29.3 Å². The standard InChI is InChI=1S/C15H8F3NO3/c16-15(17,18)11-6-5-8(7-12(11)20)19-13(21)9-3-1-2-4-10(9)14(19)22/h1-7,20H. The Hall–Kier alpha value is -2.83. The number of phenols is 1. The number of phenolic OH excluding ortho intramolecular Hbond substituents is 1. The van der Waals surface area contributed by atoms with Crippen LogP contribution < -0.4 is 4.90 Å². The van der Waals surface area contributed by atoms with Gasteiger partial charge in [0.1, 0.15) is 5.75 Å². The molecule has 0 atom stereocenters. The highest BCUT2D eigenvalue weighted by molar-refractivity contribution is 6.34. The third-order valence-corrected chi connectivity index (χ3v) is 3.34. The van der Waals surface area contributed by atoms with E-state index in [1.807, 2.05) is 0 Å². The summed E-state index contributed by atoms with van der Waals surface area (Å²) in [6.45, 7) is 0. The van der Waals surface area contributed by atoms with Gasteiger partial charge in [0.05, 0.1) is 22.4 Å². The number of hydrogen-bond acceptors (Lipinski definition) is 3. The zero-order valence-corrected chi connectivity index (χ0v) is 10.9. The highest BCUT2D eigenvalue weighted by Crippen LogP contribution is 2.38. The number of aromatic hydroxyl groups is 1. The highest BCUT2D eigenvalue weighted by Gasteiger charge is 2.38. The SMILES string of the molecule is O=C1c2ccccc2C(=O)N1c1ccc(C(F)(F)F)c(O)c1. The van der Waals surface area contributed by atoms with Gasteiger partial charge < -0.3 is 5.11 Å². The van der Waals surface area contributed by atoms with E-state index >= 15 is 0 Å². The summed E-state index contributed by atoms with van der Waals surface area (Å²) in [5.74, 6) is -2.32. The van der Waals surface area contributed by atoms with Crippen LogP contribution in [0.5, 0.6) is 5.75 Å². The zero-order chi connectivity index (χ0) is 16.1. The number of nitrogens with zero attached hydrogens (tertiary/aromatic N) is 1. The Morgan fingerprint density at radius 1 is 0.909 bits per heavy atom. The normalized spacial score (nSPS) is 14.4. The van der Waals surface area contributed by atoms with E-state index in [0.717, 1.165) is 17.0 Å². The highest BCUT2D eigenvalue weighted by atomic mass is 19.4. The van der Waals surface area contributed by atoms with Crippen molar-refractivity contribution in [3.05, 3.63) is 59.2 Å². The van der Waals surface area contributed by atoms with Crippen LogP contribution in [0.4, 0.5) is 18.9 Å². The number of amides is 2. The molecule has 1 aliphatic rings. The van der Waals surface area contributed by atoms with Crippen LogP contribution in [0, 0.1) is 0 Å². The Labute approximate surface area is 122 Å². The number of benzene rings is 2. The van der Waals surface area contributed by atoms with Crippen molar-refractivity contribution < 1.29 is 27.9 Å². The number of alkyl halides is 3. The summed E-state index contributed by atoms with van der Waals surface area (Å²) >= 11 is 0. The van der Waals surface area contributed by atoms with E-state index in [-0.39, 0.29) is 16.8 Å². The maximum Gasteiger partial charge on any atom is 0.419 e. The number of hydrogen-bond donors (Lipinski definition) is 1. The van der Waals surface area contributed by atoms with Gasteiger partial charge >= 0.3 is 6.18 Å². The molecule has 1 aliphatic heterocycles. The van der Waals surface area contributed by atoms with Gasteiger partial charge in [-0.25, -0.2) is 4.90 Å². The molecular formula is C15H8F3NO3. The van der Waals surface area contributed by atoms with Crippen molar-refractivity contribution in [3.63, 3.8) is 0 Å². The lowest BCUT2D eigenvalue weighted by Crippen LogP contribution is -2.29. The second kappa shape index (κ2) is 4.59. The van der Waals surface area contributed by atoms with Crippen molar-refractivity contribution in [2.45, 2.75) is 6.18 Å². The fraction of sp³-hybridized carbons (Fsp3) is 0.0667. The Bertz CT molecular complexity index is 764. The molecule has 112 valence electrons. The van der Waals surface area contributed by atoms with Crippen LogP contribution in [0.2, 0.25) is 0 Å². The van der Waals surface area contributed by atoms with E-state index in [0.29, 0.717) is 6.07 Å². The van der Waals surface area contributed by atoms with Gasteiger partial charge in [0.2, 0.25) is 0 Å². The minimum atomic E-state index is -4.72. The summed E-state index contributed by atoms with van der Waals surface area (Å²) in [5.41, 5.74) is -0.997. The molecule has 0 fully saturated rings. The summed E-state index contributed by atoms with van der Waals surface area (Å²) in [5, 5.41) is 9.51. The molecule has 1 heterocycles. The third kappa shape index (κ3) is 2.02. The Morgan fingerprint density at radius 2 is 1.45 bits per heavy atom. The molecule has 0 saturated heterocycles. The molecule has 1 N–H and O–H groups in total. The molecule has 0 aliphatic carbocycles. The predicted octanol–water partition coefficient (Wildman–Crippen LogP) is 3.21. The van der Waals surface area contributed by atoms with Gasteiger partial charge in [-0.1, -0.05) is 12.1 Å². The van der Waals surface area contributed by atoms with Gasteiger partial charge in [-0.3, -0.25) is 9.59 Å². The third-order valence-electron chi connectivity index (χ3n) is 3.34. The summed E-state index contributed by atoms with van der Waals surface area (Å²) in [6, 6.07) is 8.44. The molecule has 3 rings (SSSR count). The Morgan fingerprint density at radius 3 is 1.91 bits per heavy atom. The molecule has 0 saturated carbocycles. The van der Waals surface area contributed by atoms with Gasteiger partial charge in [-0.2, -0.15) is 13.2 Å². The van der Waals surface area contributed by atoms with Crippen LogP contribution >= 0.6 is 0 Å². The van der Waals surface area contributed by atoms with Crippen LogP contribution in [0.3, 0.4) is 0 Å². The zero-order valence-electron chi connectivity index (χ0n) is 10.9. The number of carbonyl (C=O) groups is 2. The molecule has 4 nitrogen and oxygen atoms in total. The second-order valence-electron chi connectivity index (χ2n) is 4.69. The topological polar surface area (TPSA) is 57.6 Å². The minimum Gasteiger partial charge on any atom is -0.507 e. The first-order valence-corrected chi connectivity index (χ1v) is 6.19. The van der Waals surface area contributed by atoms with Gasteiger partial charge in [-0.05, 0) is 24.3 Å². The fourth-order valence-electron chi connectivity index (χ4n) is 2.32. The molecular weight excluding hydrogens is 299 g/mol. The predicted molar refractivity (Wildman–Crippen MR) is 70.7 cm³/mol. The lowest BCUT2D eigenvalue weighted by molar-refractivity contribution is -0.138. The molecule has 0 aromatic heterocycles. The van der Waals surface area contributed by atoms with E-state index in [2.05, 4.69) is 0 Å². The number of halogens is 3. The van der Waals surface area contributed by atoms with Gasteiger partial charge in [0.25, 0.3) is 11.8 Å². The largest absolute Gasteiger partial charge is 0.507 e. The van der Waals surface area contributed by atoms with Crippen molar-refractivity contribution in [2.24, 2.45) is 0 Å². The van der Waals surface area contributed by atoms with E-state index in [9.17, 15) is 27.9 Å². The van der Waals surface area contributed by atoms with Crippen molar-refractivity contribution in [2.75, 3.05) is 4.90 Å². The molecule has 7 heteroatoms. The van der Waals surface area contributed by atoms with Crippen LogP contribution in [-0.4, -0.2) is 16.9 Å². The van der Waals surface area contributed by atoms with Crippen molar-refractivity contribution >= 4 is 17.5 Å². The average Bonchev–Trinajstić information content (AvgIpc) is 2.70. The first-order valence-electron chi connectivity index (χ1n) is 6.19. The maximum atomic E-state index is 12.6. The summed E-state index contributed by atoms with van der Waals surface area (Å²) in [6.07, 6.45) is -4.72. The van der Waals surface area contributed by atoms with Crippen LogP contribution in [0.15, 0.2) is 42.5 Å². The second-order valence-corrected chi connectivity index (χ2v) is 4.69. The maximum absolute atomic E-state index is 12.6. The Kier molecular flexibility index (Phi) is 2.94. The van der Waals surface area contributed by atoms with E-state index in [1.54, 1.807) is 12.1 Å². The number of carbonyl (C=O) groups excluding carboxylic acids is 2.